The maximum atomic E-state index is 12.2. The second-order valence-corrected chi connectivity index (χ2v) is 5.40. The molecule has 0 saturated carbocycles. The summed E-state index contributed by atoms with van der Waals surface area (Å²) in [4.78, 5) is 33.6. The number of ether oxygens (including phenoxy) is 2. The van der Waals surface area contributed by atoms with Crippen molar-refractivity contribution in [2.45, 2.75) is 26.7 Å². The first-order valence-electron chi connectivity index (χ1n) is 7.63. The van der Waals surface area contributed by atoms with Gasteiger partial charge in [-0.3, -0.25) is 0 Å². The Kier molecular flexibility index (Phi) is 5.63. The van der Waals surface area contributed by atoms with Crippen LogP contribution in [0.15, 0.2) is 21.3 Å². The molecule has 1 aromatic heterocycles. The van der Waals surface area contributed by atoms with Crippen LogP contribution >= 0.6 is 0 Å². The van der Waals surface area contributed by atoms with Gasteiger partial charge in [0.2, 0.25) is 0 Å². The van der Waals surface area contributed by atoms with E-state index in [1.165, 1.54) is 12.1 Å². The molecule has 8 heteroatoms. The minimum atomic E-state index is -1.18. The van der Waals surface area contributed by atoms with Gasteiger partial charge in [-0.2, -0.15) is 0 Å². The molecule has 0 amide bonds. The number of benzene rings is 1. The van der Waals surface area contributed by atoms with Crippen LogP contribution in [0.2, 0.25) is 0 Å². The molecule has 8 nitrogen and oxygen atoms in total. The molecular formula is C17H18O8. The van der Waals surface area contributed by atoms with E-state index >= 15 is 0 Å². The molecule has 0 fully saturated rings. The van der Waals surface area contributed by atoms with Crippen LogP contribution in [0.5, 0.6) is 11.5 Å². The summed E-state index contributed by atoms with van der Waals surface area (Å²) in [5.41, 5.74) is 0.782. The lowest BCUT2D eigenvalue weighted by Crippen LogP contribution is -2.14. The molecule has 2 N–H and O–H groups in total. The lowest BCUT2D eigenvalue weighted by atomic mass is 10.0. The van der Waals surface area contributed by atoms with E-state index in [1.807, 2.05) is 6.92 Å². The Hall–Kier alpha value is -3.03. The number of aliphatic carboxylic acids is 2. The quantitative estimate of drug-likeness (QED) is 0.693. The van der Waals surface area contributed by atoms with Crippen LogP contribution in [0.3, 0.4) is 0 Å². The Labute approximate surface area is 142 Å². The molecule has 0 aliphatic rings. The molecule has 0 atom stereocenters. The topological polar surface area (TPSA) is 123 Å². The summed E-state index contributed by atoms with van der Waals surface area (Å²) in [6, 6.07) is 2.77. The predicted octanol–water partition coefficient (Wildman–Crippen LogP) is 1.98. The number of carboxylic acid groups (broad SMARTS) is 2. The van der Waals surface area contributed by atoms with Gasteiger partial charge in [0.25, 0.3) is 0 Å². The highest BCUT2D eigenvalue weighted by Crippen LogP contribution is 2.34. The van der Waals surface area contributed by atoms with Crippen molar-refractivity contribution in [1.29, 1.82) is 0 Å². The fraction of sp³-hybridized carbons (Fsp3) is 0.353. The van der Waals surface area contributed by atoms with Crippen LogP contribution in [0.1, 0.15) is 24.5 Å². The molecule has 134 valence electrons. The SMILES string of the molecule is CCCc1c(C)c2c(OCC(=O)O)cc(OCC(=O)O)cc2oc1=O. The summed E-state index contributed by atoms with van der Waals surface area (Å²) < 4.78 is 15.7. The Morgan fingerprint density at radius 1 is 1.12 bits per heavy atom. The zero-order chi connectivity index (χ0) is 18.6. The average Bonchev–Trinajstić information content (AvgIpc) is 2.54. The molecule has 2 rings (SSSR count). The number of hydrogen-bond acceptors (Lipinski definition) is 6. The van der Waals surface area contributed by atoms with Gasteiger partial charge in [-0.1, -0.05) is 13.3 Å². The number of hydrogen-bond donors (Lipinski definition) is 2. The van der Waals surface area contributed by atoms with Crippen LogP contribution in [0, 0.1) is 6.92 Å². The Balaban J connectivity index is 2.62. The highest BCUT2D eigenvalue weighted by Gasteiger charge is 2.17. The molecule has 0 unspecified atom stereocenters. The van der Waals surface area contributed by atoms with Gasteiger partial charge in [0.1, 0.15) is 17.1 Å². The van der Waals surface area contributed by atoms with E-state index in [9.17, 15) is 14.4 Å². The number of carbonyl (C=O) groups is 2. The smallest absolute Gasteiger partial charge is 0.341 e. The van der Waals surface area contributed by atoms with Crippen molar-refractivity contribution >= 4 is 22.9 Å². The van der Waals surface area contributed by atoms with Crippen molar-refractivity contribution in [1.82, 2.24) is 0 Å². The fourth-order valence-corrected chi connectivity index (χ4v) is 2.50. The van der Waals surface area contributed by atoms with Gasteiger partial charge in [0, 0.05) is 17.7 Å². The number of carboxylic acids is 2. The Bertz CT molecular complexity index is 865. The molecule has 0 aliphatic heterocycles. The first kappa shape index (κ1) is 18.3. The predicted molar refractivity (Wildman–Crippen MR) is 87.5 cm³/mol. The Morgan fingerprint density at radius 2 is 1.76 bits per heavy atom. The fourth-order valence-electron chi connectivity index (χ4n) is 2.50. The van der Waals surface area contributed by atoms with Crippen molar-refractivity contribution < 1.29 is 33.7 Å². The highest BCUT2D eigenvalue weighted by molar-refractivity contribution is 5.89. The molecule has 25 heavy (non-hydrogen) atoms. The van der Waals surface area contributed by atoms with Gasteiger partial charge in [-0.05, 0) is 18.9 Å². The first-order valence-corrected chi connectivity index (χ1v) is 7.63. The summed E-state index contributed by atoms with van der Waals surface area (Å²) in [6.07, 6.45) is 1.25. The molecule has 2 aromatic rings. The monoisotopic (exact) mass is 350 g/mol. The summed E-state index contributed by atoms with van der Waals surface area (Å²) >= 11 is 0. The van der Waals surface area contributed by atoms with Crippen LogP contribution < -0.4 is 15.1 Å². The molecule has 1 heterocycles. The van der Waals surface area contributed by atoms with E-state index in [4.69, 9.17) is 24.1 Å². The maximum absolute atomic E-state index is 12.2. The molecule has 1 aromatic carbocycles. The average molecular weight is 350 g/mol. The summed E-state index contributed by atoms with van der Waals surface area (Å²) in [5.74, 6) is -2.10. The highest BCUT2D eigenvalue weighted by atomic mass is 16.5. The Morgan fingerprint density at radius 3 is 2.36 bits per heavy atom. The van der Waals surface area contributed by atoms with Crippen molar-refractivity contribution in [3.05, 3.63) is 33.7 Å². The minimum Gasteiger partial charge on any atom is -0.482 e. The van der Waals surface area contributed by atoms with Gasteiger partial charge < -0.3 is 24.1 Å². The van der Waals surface area contributed by atoms with E-state index in [2.05, 4.69) is 0 Å². The van der Waals surface area contributed by atoms with E-state index in [0.717, 1.165) is 6.42 Å². The third-order valence-electron chi connectivity index (χ3n) is 3.53. The van der Waals surface area contributed by atoms with Gasteiger partial charge in [0.15, 0.2) is 13.2 Å². The lowest BCUT2D eigenvalue weighted by molar-refractivity contribution is -0.140. The molecule has 0 aliphatic carbocycles. The van der Waals surface area contributed by atoms with E-state index < -0.39 is 30.8 Å². The van der Waals surface area contributed by atoms with Crippen LogP contribution in [0.4, 0.5) is 0 Å². The van der Waals surface area contributed by atoms with Gasteiger partial charge >= 0.3 is 17.6 Å². The van der Waals surface area contributed by atoms with Crippen molar-refractivity contribution in [2.75, 3.05) is 13.2 Å². The summed E-state index contributed by atoms with van der Waals surface area (Å²) in [5, 5.41) is 18.0. The standard InChI is InChI=1S/C17H18O8/c1-3-4-11-9(2)16-12(24-8-15(20)21)5-10(23-7-14(18)19)6-13(16)25-17(11)22/h5-6H,3-4,7-8H2,1-2H3,(H,18,19)(H,20,21). The number of aryl methyl sites for hydroxylation is 1. The van der Waals surface area contributed by atoms with Crippen molar-refractivity contribution in [3.63, 3.8) is 0 Å². The second kappa shape index (κ2) is 7.69. The number of rotatable bonds is 8. The summed E-state index contributed by atoms with van der Waals surface area (Å²) in [7, 11) is 0. The zero-order valence-electron chi connectivity index (χ0n) is 13.8. The van der Waals surface area contributed by atoms with Gasteiger partial charge in [0.05, 0.1) is 5.39 Å². The first-order chi connectivity index (χ1) is 11.8. The third kappa shape index (κ3) is 4.28. The molecule has 0 bridgehead atoms. The third-order valence-corrected chi connectivity index (χ3v) is 3.53. The second-order valence-electron chi connectivity index (χ2n) is 5.40. The molecule has 0 saturated heterocycles. The summed E-state index contributed by atoms with van der Waals surface area (Å²) in [6.45, 7) is 2.46. The van der Waals surface area contributed by atoms with Crippen LogP contribution in [-0.2, 0) is 16.0 Å². The van der Waals surface area contributed by atoms with E-state index in [0.29, 0.717) is 22.9 Å². The van der Waals surface area contributed by atoms with Crippen LogP contribution in [-0.4, -0.2) is 35.4 Å². The maximum Gasteiger partial charge on any atom is 0.341 e. The number of fused-ring (bicyclic) bond motifs is 1. The lowest BCUT2D eigenvalue weighted by Gasteiger charge is -2.14. The van der Waals surface area contributed by atoms with Gasteiger partial charge in [-0.15, -0.1) is 0 Å². The normalized spacial score (nSPS) is 10.6. The van der Waals surface area contributed by atoms with E-state index in [-0.39, 0.29) is 17.1 Å². The van der Waals surface area contributed by atoms with Gasteiger partial charge in [-0.25, -0.2) is 14.4 Å². The minimum absolute atomic E-state index is 0.0982. The van der Waals surface area contributed by atoms with Crippen molar-refractivity contribution in [3.8, 4) is 11.5 Å². The zero-order valence-corrected chi connectivity index (χ0v) is 13.8. The van der Waals surface area contributed by atoms with E-state index in [1.54, 1.807) is 6.92 Å². The molecule has 0 radical (unpaired) electrons. The molecule has 0 spiro atoms. The van der Waals surface area contributed by atoms with Crippen LogP contribution in [0.25, 0.3) is 11.0 Å². The molecular weight excluding hydrogens is 332 g/mol. The largest absolute Gasteiger partial charge is 0.482 e. The van der Waals surface area contributed by atoms with Crippen molar-refractivity contribution in [2.24, 2.45) is 0 Å².